The fourth-order valence-electron chi connectivity index (χ4n) is 0.982. The van der Waals surface area contributed by atoms with Crippen LogP contribution >= 0.6 is 0 Å². The number of rotatable bonds is 2. The van der Waals surface area contributed by atoms with Crippen molar-refractivity contribution in [3.05, 3.63) is 23.0 Å². The van der Waals surface area contributed by atoms with Gasteiger partial charge in [-0.3, -0.25) is 4.79 Å². The van der Waals surface area contributed by atoms with Crippen molar-refractivity contribution in [2.75, 3.05) is 7.11 Å². The molecule has 0 bridgehead atoms. The van der Waals surface area contributed by atoms with Gasteiger partial charge in [-0.1, -0.05) is 0 Å². The molecular formula is C8H9NO3. The van der Waals surface area contributed by atoms with Crippen LogP contribution in [0.3, 0.4) is 0 Å². The van der Waals surface area contributed by atoms with Crippen molar-refractivity contribution in [2.45, 2.75) is 6.92 Å². The third-order valence-corrected chi connectivity index (χ3v) is 1.51. The first-order chi connectivity index (χ1) is 5.69. The SMILES string of the molecule is COC(=O)c1cc(C)[nH]c1C=O. The number of aldehydes is 1. The Morgan fingerprint density at radius 1 is 1.67 bits per heavy atom. The van der Waals surface area contributed by atoms with E-state index in [-0.39, 0.29) is 11.3 Å². The third kappa shape index (κ3) is 1.37. The normalized spacial score (nSPS) is 9.50. The maximum Gasteiger partial charge on any atom is 0.340 e. The molecule has 0 atom stereocenters. The van der Waals surface area contributed by atoms with Crippen LogP contribution in [0.1, 0.15) is 26.5 Å². The average molecular weight is 167 g/mol. The zero-order chi connectivity index (χ0) is 9.14. The molecule has 0 radical (unpaired) electrons. The Morgan fingerprint density at radius 2 is 2.33 bits per heavy atom. The molecule has 0 unspecified atom stereocenters. The Labute approximate surface area is 69.5 Å². The van der Waals surface area contributed by atoms with Gasteiger partial charge in [0.15, 0.2) is 6.29 Å². The van der Waals surface area contributed by atoms with Crippen LogP contribution < -0.4 is 0 Å². The number of aromatic nitrogens is 1. The summed E-state index contributed by atoms with van der Waals surface area (Å²) in [6.45, 7) is 1.76. The zero-order valence-electron chi connectivity index (χ0n) is 6.88. The predicted molar refractivity (Wildman–Crippen MR) is 42.3 cm³/mol. The van der Waals surface area contributed by atoms with Gasteiger partial charge >= 0.3 is 5.97 Å². The average Bonchev–Trinajstić information content (AvgIpc) is 2.45. The lowest BCUT2D eigenvalue weighted by Crippen LogP contribution is -2.02. The van der Waals surface area contributed by atoms with Crippen molar-refractivity contribution >= 4 is 12.3 Å². The molecule has 1 aromatic rings. The van der Waals surface area contributed by atoms with Crippen LogP contribution in [0.15, 0.2) is 6.07 Å². The van der Waals surface area contributed by atoms with E-state index < -0.39 is 5.97 Å². The van der Waals surface area contributed by atoms with Crippen molar-refractivity contribution in [3.8, 4) is 0 Å². The monoisotopic (exact) mass is 167 g/mol. The van der Waals surface area contributed by atoms with Gasteiger partial charge in [0.05, 0.1) is 18.4 Å². The number of hydrogen-bond donors (Lipinski definition) is 1. The number of aromatic amines is 1. The predicted octanol–water partition coefficient (Wildman–Crippen LogP) is 0.922. The van der Waals surface area contributed by atoms with E-state index in [4.69, 9.17) is 0 Å². The maximum atomic E-state index is 11.0. The number of aryl methyl sites for hydroxylation is 1. The number of ether oxygens (including phenoxy) is 1. The number of carbonyl (C=O) groups excluding carboxylic acids is 2. The van der Waals surface area contributed by atoms with Crippen molar-refractivity contribution < 1.29 is 14.3 Å². The second-order valence-corrected chi connectivity index (χ2v) is 2.39. The lowest BCUT2D eigenvalue weighted by atomic mass is 10.2. The van der Waals surface area contributed by atoms with E-state index in [1.54, 1.807) is 13.0 Å². The highest BCUT2D eigenvalue weighted by Gasteiger charge is 2.13. The first kappa shape index (κ1) is 8.52. The zero-order valence-corrected chi connectivity index (χ0v) is 6.88. The molecule has 0 aliphatic heterocycles. The fourth-order valence-corrected chi connectivity index (χ4v) is 0.982. The van der Waals surface area contributed by atoms with Crippen LogP contribution in [0, 0.1) is 6.92 Å². The van der Waals surface area contributed by atoms with Gasteiger partial charge in [-0.25, -0.2) is 4.79 Å². The van der Waals surface area contributed by atoms with Gasteiger partial charge in [0.25, 0.3) is 0 Å². The summed E-state index contributed by atoms with van der Waals surface area (Å²) in [5.74, 6) is -0.499. The van der Waals surface area contributed by atoms with E-state index >= 15 is 0 Å². The van der Waals surface area contributed by atoms with E-state index in [0.717, 1.165) is 5.69 Å². The maximum absolute atomic E-state index is 11.0. The highest BCUT2D eigenvalue weighted by atomic mass is 16.5. The Morgan fingerprint density at radius 3 is 2.83 bits per heavy atom. The molecule has 0 amide bonds. The van der Waals surface area contributed by atoms with E-state index in [9.17, 15) is 9.59 Å². The molecule has 0 aliphatic rings. The van der Waals surface area contributed by atoms with Gasteiger partial charge in [-0.2, -0.15) is 0 Å². The standard InChI is InChI=1S/C8H9NO3/c1-5-3-6(8(11)12-2)7(4-10)9-5/h3-4,9H,1-2H3. The number of esters is 1. The summed E-state index contributed by atoms with van der Waals surface area (Å²) in [7, 11) is 1.28. The van der Waals surface area contributed by atoms with Crippen LogP contribution in [-0.2, 0) is 4.74 Å². The number of H-pyrrole nitrogens is 1. The number of nitrogens with one attached hydrogen (secondary N) is 1. The molecule has 0 saturated heterocycles. The van der Waals surface area contributed by atoms with Crippen LogP contribution in [0.5, 0.6) is 0 Å². The summed E-state index contributed by atoms with van der Waals surface area (Å²) in [5, 5.41) is 0. The topological polar surface area (TPSA) is 59.2 Å². The second-order valence-electron chi connectivity index (χ2n) is 2.39. The largest absolute Gasteiger partial charge is 0.465 e. The van der Waals surface area contributed by atoms with Crippen molar-refractivity contribution in [3.63, 3.8) is 0 Å². The van der Waals surface area contributed by atoms with Gasteiger partial charge < -0.3 is 9.72 Å². The fraction of sp³-hybridized carbons (Fsp3) is 0.250. The molecule has 0 fully saturated rings. The molecule has 4 heteroatoms. The summed E-state index contributed by atoms with van der Waals surface area (Å²) < 4.78 is 4.47. The smallest absolute Gasteiger partial charge is 0.340 e. The third-order valence-electron chi connectivity index (χ3n) is 1.51. The molecule has 1 rings (SSSR count). The molecular weight excluding hydrogens is 158 g/mol. The summed E-state index contributed by atoms with van der Waals surface area (Å²) in [4.78, 5) is 24.2. The minimum atomic E-state index is -0.499. The van der Waals surface area contributed by atoms with Crippen LogP contribution in [-0.4, -0.2) is 24.3 Å². The highest BCUT2D eigenvalue weighted by molar-refractivity contribution is 5.97. The lowest BCUT2D eigenvalue weighted by molar-refractivity contribution is 0.0598. The van der Waals surface area contributed by atoms with Gasteiger partial charge in [-0.05, 0) is 13.0 Å². The van der Waals surface area contributed by atoms with Gasteiger partial charge in [0, 0.05) is 5.69 Å². The molecule has 12 heavy (non-hydrogen) atoms. The molecule has 0 aliphatic carbocycles. The minimum Gasteiger partial charge on any atom is -0.465 e. The summed E-state index contributed by atoms with van der Waals surface area (Å²) in [6.07, 6.45) is 0.596. The van der Waals surface area contributed by atoms with Gasteiger partial charge in [0.2, 0.25) is 0 Å². The lowest BCUT2D eigenvalue weighted by Gasteiger charge is -1.94. The summed E-state index contributed by atoms with van der Waals surface area (Å²) in [5.41, 5.74) is 1.31. The Bertz CT molecular complexity index is 314. The molecule has 1 heterocycles. The minimum absolute atomic E-state index is 0.263. The van der Waals surface area contributed by atoms with Crippen LogP contribution in [0.4, 0.5) is 0 Å². The Kier molecular flexibility index (Phi) is 2.28. The summed E-state index contributed by atoms with van der Waals surface area (Å²) in [6, 6.07) is 1.58. The number of carbonyl (C=O) groups is 2. The van der Waals surface area contributed by atoms with E-state index in [0.29, 0.717) is 6.29 Å². The van der Waals surface area contributed by atoms with Gasteiger partial charge in [-0.15, -0.1) is 0 Å². The van der Waals surface area contributed by atoms with Gasteiger partial charge in [0.1, 0.15) is 0 Å². The van der Waals surface area contributed by atoms with E-state index in [1.807, 2.05) is 0 Å². The highest BCUT2D eigenvalue weighted by Crippen LogP contribution is 2.09. The second kappa shape index (κ2) is 3.21. The van der Waals surface area contributed by atoms with Crippen LogP contribution in [0.25, 0.3) is 0 Å². The Balaban J connectivity index is 3.12. The Hall–Kier alpha value is -1.58. The quantitative estimate of drug-likeness (QED) is 0.526. The molecule has 0 saturated carbocycles. The number of hydrogen-bond acceptors (Lipinski definition) is 3. The summed E-state index contributed by atoms with van der Waals surface area (Å²) >= 11 is 0. The number of methoxy groups -OCH3 is 1. The first-order valence-electron chi connectivity index (χ1n) is 3.42. The molecule has 1 aromatic heterocycles. The van der Waals surface area contributed by atoms with Crippen molar-refractivity contribution in [1.82, 2.24) is 4.98 Å². The molecule has 0 spiro atoms. The first-order valence-corrected chi connectivity index (χ1v) is 3.42. The van der Waals surface area contributed by atoms with Crippen molar-refractivity contribution in [2.24, 2.45) is 0 Å². The molecule has 64 valence electrons. The van der Waals surface area contributed by atoms with Crippen LogP contribution in [0.2, 0.25) is 0 Å². The van der Waals surface area contributed by atoms with E-state index in [2.05, 4.69) is 9.72 Å². The molecule has 0 aromatic carbocycles. The van der Waals surface area contributed by atoms with Crippen molar-refractivity contribution in [1.29, 1.82) is 0 Å². The molecule has 1 N–H and O–H groups in total. The van der Waals surface area contributed by atoms with E-state index in [1.165, 1.54) is 7.11 Å². The molecule has 4 nitrogen and oxygen atoms in total.